The fraction of sp³-hybridized carbons (Fsp3) is 0.417. The highest BCUT2D eigenvalue weighted by Crippen LogP contribution is 2.22. The Morgan fingerprint density at radius 3 is 2.94 bits per heavy atom. The molecule has 1 atom stereocenters. The molecule has 1 unspecified atom stereocenters. The number of nitrogens with zero attached hydrogens (tertiary/aromatic N) is 2. The fourth-order valence-corrected chi connectivity index (χ4v) is 4.04. The molecule has 7 heteroatoms. The quantitative estimate of drug-likeness (QED) is 0.549. The van der Waals surface area contributed by atoms with Crippen molar-refractivity contribution in [1.82, 2.24) is 20.4 Å². The van der Waals surface area contributed by atoms with Crippen LogP contribution in [0.5, 0.6) is 5.75 Å². The van der Waals surface area contributed by atoms with Crippen LogP contribution in [0.2, 0.25) is 0 Å². The van der Waals surface area contributed by atoms with Gasteiger partial charge in [0, 0.05) is 29.9 Å². The van der Waals surface area contributed by atoms with Crippen molar-refractivity contribution < 1.29 is 13.9 Å². The summed E-state index contributed by atoms with van der Waals surface area (Å²) < 4.78 is 11.2. The van der Waals surface area contributed by atoms with E-state index in [-0.39, 0.29) is 12.0 Å². The number of H-pyrrole nitrogens is 1. The van der Waals surface area contributed by atoms with Gasteiger partial charge in [-0.3, -0.25) is 14.8 Å². The molecule has 1 aromatic carbocycles. The number of furan rings is 1. The molecule has 2 heterocycles. The highest BCUT2D eigenvalue weighted by molar-refractivity contribution is 5.94. The Kier molecular flexibility index (Phi) is 6.72. The Labute approximate surface area is 182 Å². The Bertz CT molecular complexity index is 996. The zero-order valence-electron chi connectivity index (χ0n) is 18.2. The second-order valence-electron chi connectivity index (χ2n) is 8.33. The second kappa shape index (κ2) is 9.83. The number of aryl methyl sites for hydroxylation is 1. The van der Waals surface area contributed by atoms with E-state index in [0.29, 0.717) is 12.2 Å². The maximum Gasteiger partial charge on any atom is 0.272 e. The number of aromatic amines is 1. The first-order chi connectivity index (χ1) is 15.1. The van der Waals surface area contributed by atoms with Crippen molar-refractivity contribution in [2.45, 2.75) is 51.8 Å². The lowest BCUT2D eigenvalue weighted by molar-refractivity contribution is 0.0926. The van der Waals surface area contributed by atoms with Gasteiger partial charge >= 0.3 is 0 Å². The van der Waals surface area contributed by atoms with Crippen LogP contribution in [0.4, 0.5) is 0 Å². The first-order valence-electron chi connectivity index (χ1n) is 10.9. The molecule has 1 amide bonds. The Morgan fingerprint density at radius 2 is 2.10 bits per heavy atom. The van der Waals surface area contributed by atoms with Crippen LogP contribution in [-0.2, 0) is 25.9 Å². The number of ether oxygens (including phenoxy) is 1. The SMILES string of the molecule is CC(CNC(=O)c1n[nH]c2c1CCCC2)Oc1cccc(CN(C)Cc2ccoc2)c1. The number of hydrogen-bond donors (Lipinski definition) is 2. The molecule has 164 valence electrons. The van der Waals surface area contributed by atoms with Gasteiger partial charge in [0.2, 0.25) is 0 Å². The molecule has 7 nitrogen and oxygen atoms in total. The summed E-state index contributed by atoms with van der Waals surface area (Å²) in [6.45, 7) is 4.00. The zero-order chi connectivity index (χ0) is 21.6. The summed E-state index contributed by atoms with van der Waals surface area (Å²) in [5.74, 6) is 0.664. The number of carbonyl (C=O) groups excluding carboxylic acids is 1. The van der Waals surface area contributed by atoms with Crippen molar-refractivity contribution in [2.75, 3.05) is 13.6 Å². The number of benzene rings is 1. The Balaban J connectivity index is 1.27. The lowest BCUT2D eigenvalue weighted by atomic mass is 9.96. The van der Waals surface area contributed by atoms with Gasteiger partial charge in [-0.05, 0) is 63.4 Å². The van der Waals surface area contributed by atoms with E-state index in [0.717, 1.165) is 61.3 Å². The predicted molar refractivity (Wildman–Crippen MR) is 118 cm³/mol. The van der Waals surface area contributed by atoms with Crippen LogP contribution in [0.3, 0.4) is 0 Å². The van der Waals surface area contributed by atoms with Gasteiger partial charge in [-0.2, -0.15) is 5.10 Å². The van der Waals surface area contributed by atoms with Crippen LogP contribution in [0, 0.1) is 0 Å². The van der Waals surface area contributed by atoms with Gasteiger partial charge in [0.15, 0.2) is 5.69 Å². The summed E-state index contributed by atoms with van der Waals surface area (Å²) in [4.78, 5) is 14.8. The molecular weight excluding hydrogens is 392 g/mol. The van der Waals surface area contributed by atoms with Crippen LogP contribution < -0.4 is 10.1 Å². The average Bonchev–Trinajstić information content (AvgIpc) is 3.42. The molecular formula is C24H30N4O3. The van der Waals surface area contributed by atoms with Crippen LogP contribution in [0.1, 0.15) is 52.6 Å². The van der Waals surface area contributed by atoms with Gasteiger partial charge in [0.1, 0.15) is 11.9 Å². The minimum Gasteiger partial charge on any atom is -0.489 e. The fourth-order valence-electron chi connectivity index (χ4n) is 4.04. The standard InChI is InChI=1S/C24H30N4O3/c1-17(13-25-24(29)23-21-8-3-4-9-22(21)26-27-23)31-20-7-5-6-18(12-20)14-28(2)15-19-10-11-30-16-19/h5-7,10-12,16-17H,3-4,8-9,13-15H2,1-2H3,(H,25,29)(H,26,27). The van der Waals surface area contributed by atoms with E-state index in [2.05, 4.69) is 33.5 Å². The number of aromatic nitrogens is 2. The van der Waals surface area contributed by atoms with Crippen LogP contribution in [0.25, 0.3) is 0 Å². The molecule has 0 fully saturated rings. The molecule has 0 saturated heterocycles. The van der Waals surface area contributed by atoms with Crippen molar-refractivity contribution in [3.05, 3.63) is 70.9 Å². The summed E-state index contributed by atoms with van der Waals surface area (Å²) in [5, 5.41) is 10.2. The third kappa shape index (κ3) is 5.55. The van der Waals surface area contributed by atoms with Gasteiger partial charge in [-0.25, -0.2) is 0 Å². The third-order valence-electron chi connectivity index (χ3n) is 5.54. The lowest BCUT2D eigenvalue weighted by Crippen LogP contribution is -2.34. The van der Waals surface area contributed by atoms with Crippen molar-refractivity contribution in [3.63, 3.8) is 0 Å². The summed E-state index contributed by atoms with van der Waals surface area (Å²) >= 11 is 0. The predicted octanol–water partition coefficient (Wildman–Crippen LogP) is 3.71. The Morgan fingerprint density at radius 1 is 1.26 bits per heavy atom. The smallest absolute Gasteiger partial charge is 0.272 e. The summed E-state index contributed by atoms with van der Waals surface area (Å²) in [7, 11) is 2.08. The zero-order valence-corrected chi connectivity index (χ0v) is 18.2. The van der Waals surface area contributed by atoms with E-state index in [4.69, 9.17) is 9.15 Å². The van der Waals surface area contributed by atoms with Crippen molar-refractivity contribution in [3.8, 4) is 5.75 Å². The normalized spacial score (nSPS) is 14.3. The van der Waals surface area contributed by atoms with Crippen molar-refractivity contribution in [2.24, 2.45) is 0 Å². The minimum absolute atomic E-state index is 0.135. The molecule has 4 rings (SSSR count). The summed E-state index contributed by atoms with van der Waals surface area (Å²) in [5.41, 5.74) is 5.03. The van der Waals surface area contributed by atoms with E-state index in [1.807, 2.05) is 31.2 Å². The minimum atomic E-state index is -0.155. The molecule has 3 aromatic rings. The Hall–Kier alpha value is -3.06. The molecule has 0 saturated carbocycles. The van der Waals surface area contributed by atoms with Gasteiger partial charge in [-0.15, -0.1) is 0 Å². The van der Waals surface area contributed by atoms with Crippen molar-refractivity contribution >= 4 is 5.91 Å². The molecule has 2 aromatic heterocycles. The van der Waals surface area contributed by atoms with Crippen LogP contribution >= 0.6 is 0 Å². The maximum absolute atomic E-state index is 12.6. The molecule has 1 aliphatic carbocycles. The summed E-state index contributed by atoms with van der Waals surface area (Å²) in [6.07, 6.45) is 7.46. The summed E-state index contributed by atoms with van der Waals surface area (Å²) in [6, 6.07) is 10.1. The number of fused-ring (bicyclic) bond motifs is 1. The highest BCUT2D eigenvalue weighted by Gasteiger charge is 2.22. The number of carbonyl (C=O) groups is 1. The largest absolute Gasteiger partial charge is 0.489 e. The molecule has 0 bridgehead atoms. The topological polar surface area (TPSA) is 83.4 Å². The first kappa shape index (κ1) is 21.2. The van der Waals surface area contributed by atoms with E-state index in [1.165, 1.54) is 5.56 Å². The molecule has 0 radical (unpaired) electrons. The van der Waals surface area contributed by atoms with E-state index in [1.54, 1.807) is 12.5 Å². The van der Waals surface area contributed by atoms with Crippen LogP contribution in [-0.4, -0.2) is 40.7 Å². The number of hydrogen-bond acceptors (Lipinski definition) is 5. The molecule has 0 aliphatic heterocycles. The third-order valence-corrected chi connectivity index (χ3v) is 5.54. The van der Waals surface area contributed by atoms with Gasteiger partial charge in [0.25, 0.3) is 5.91 Å². The van der Waals surface area contributed by atoms with E-state index in [9.17, 15) is 4.79 Å². The average molecular weight is 423 g/mol. The van der Waals surface area contributed by atoms with Gasteiger partial charge in [-0.1, -0.05) is 12.1 Å². The molecule has 1 aliphatic rings. The van der Waals surface area contributed by atoms with Gasteiger partial charge in [0.05, 0.1) is 19.1 Å². The van der Waals surface area contributed by atoms with Crippen LogP contribution in [0.15, 0.2) is 47.3 Å². The van der Waals surface area contributed by atoms with Gasteiger partial charge < -0.3 is 14.5 Å². The molecule has 0 spiro atoms. The maximum atomic E-state index is 12.6. The lowest BCUT2D eigenvalue weighted by Gasteiger charge is -2.18. The first-order valence-corrected chi connectivity index (χ1v) is 10.9. The monoisotopic (exact) mass is 422 g/mol. The second-order valence-corrected chi connectivity index (χ2v) is 8.33. The highest BCUT2D eigenvalue weighted by atomic mass is 16.5. The molecule has 2 N–H and O–H groups in total. The number of rotatable bonds is 9. The number of nitrogens with one attached hydrogen (secondary N) is 2. The number of amides is 1. The van der Waals surface area contributed by atoms with E-state index < -0.39 is 0 Å². The van der Waals surface area contributed by atoms with E-state index >= 15 is 0 Å². The van der Waals surface area contributed by atoms with Crippen molar-refractivity contribution in [1.29, 1.82) is 0 Å². The molecule has 31 heavy (non-hydrogen) atoms.